The van der Waals surface area contributed by atoms with E-state index < -0.39 is 16.9 Å². The maximum Gasteiger partial charge on any atom is 0.410 e. The summed E-state index contributed by atoms with van der Waals surface area (Å²) in [6.45, 7) is 8.66. The van der Waals surface area contributed by atoms with Crippen molar-refractivity contribution in [3.05, 3.63) is 26.4 Å². The van der Waals surface area contributed by atoms with Crippen molar-refractivity contribution < 1.29 is 9.53 Å². The number of nitrogens with zero attached hydrogens (tertiary/aromatic N) is 5. The molecule has 9 nitrogen and oxygen atoms in total. The SMILES string of the molecule is CCC[C@@H]1CN(C(=O)OC(C)(C)C)CCN1c1c(C#N)c(=O)n(C)c(=O)n1C. The van der Waals surface area contributed by atoms with Crippen LogP contribution in [0.5, 0.6) is 0 Å². The lowest BCUT2D eigenvalue weighted by atomic mass is 10.1. The Morgan fingerprint density at radius 1 is 1.21 bits per heavy atom. The van der Waals surface area contributed by atoms with Gasteiger partial charge in [-0.05, 0) is 27.2 Å². The minimum Gasteiger partial charge on any atom is -0.444 e. The van der Waals surface area contributed by atoms with Gasteiger partial charge in [0.05, 0.1) is 0 Å². The predicted molar refractivity (Wildman–Crippen MR) is 105 cm³/mol. The van der Waals surface area contributed by atoms with E-state index in [9.17, 15) is 19.6 Å². The smallest absolute Gasteiger partial charge is 0.410 e. The predicted octanol–water partition coefficient (Wildman–Crippen LogP) is 1.18. The zero-order chi connectivity index (χ0) is 21.2. The summed E-state index contributed by atoms with van der Waals surface area (Å²) in [5, 5.41) is 9.56. The fourth-order valence-electron chi connectivity index (χ4n) is 3.47. The monoisotopic (exact) mass is 391 g/mol. The molecule has 2 heterocycles. The van der Waals surface area contributed by atoms with Crippen molar-refractivity contribution in [2.45, 2.75) is 52.2 Å². The molecular weight excluding hydrogens is 362 g/mol. The molecule has 0 N–H and O–H groups in total. The highest BCUT2D eigenvalue weighted by atomic mass is 16.6. The molecule has 1 fully saturated rings. The number of rotatable bonds is 3. The summed E-state index contributed by atoms with van der Waals surface area (Å²) in [5.74, 6) is 0.317. The minimum absolute atomic E-state index is 0.0589. The number of anilines is 1. The van der Waals surface area contributed by atoms with Crippen molar-refractivity contribution in [2.75, 3.05) is 24.5 Å². The normalized spacial score (nSPS) is 17.4. The maximum atomic E-state index is 12.5. The molecule has 1 saturated heterocycles. The van der Waals surface area contributed by atoms with E-state index in [1.54, 1.807) is 11.9 Å². The van der Waals surface area contributed by atoms with Gasteiger partial charge in [0.2, 0.25) is 0 Å². The quantitative estimate of drug-likeness (QED) is 0.767. The second kappa shape index (κ2) is 8.09. The van der Waals surface area contributed by atoms with E-state index in [2.05, 4.69) is 0 Å². The second-order valence-corrected chi connectivity index (χ2v) is 8.08. The first-order chi connectivity index (χ1) is 13.0. The topological polar surface area (TPSA) is 101 Å². The van der Waals surface area contributed by atoms with Crippen LogP contribution in [-0.2, 0) is 18.8 Å². The van der Waals surface area contributed by atoms with Crippen LogP contribution in [0.25, 0.3) is 0 Å². The Morgan fingerprint density at radius 3 is 2.39 bits per heavy atom. The van der Waals surface area contributed by atoms with Gasteiger partial charge in [-0.1, -0.05) is 13.3 Å². The first-order valence-electron chi connectivity index (χ1n) is 9.46. The standard InChI is InChI=1S/C19H29N5O4/c1-7-8-13-12-23(18(27)28-19(2,3)4)9-10-24(13)15-14(11-20)16(25)22(6)17(26)21(15)5/h13H,7-10,12H2,1-6H3/t13-/m1/s1. The molecule has 0 radical (unpaired) electrons. The number of carbonyl (C=O) groups is 1. The van der Waals surface area contributed by atoms with Crippen LogP contribution >= 0.6 is 0 Å². The number of piperazine rings is 1. The molecule has 1 aromatic rings. The molecule has 0 saturated carbocycles. The first kappa shape index (κ1) is 21.5. The van der Waals surface area contributed by atoms with E-state index >= 15 is 0 Å². The Morgan fingerprint density at radius 2 is 1.86 bits per heavy atom. The number of nitriles is 1. The van der Waals surface area contributed by atoms with Gasteiger partial charge in [0.1, 0.15) is 17.5 Å². The summed E-state index contributed by atoms with van der Waals surface area (Å²) in [7, 11) is 2.92. The minimum atomic E-state index is -0.606. The van der Waals surface area contributed by atoms with Crippen LogP contribution in [-0.4, -0.2) is 51.4 Å². The van der Waals surface area contributed by atoms with Gasteiger partial charge in [0, 0.05) is 39.8 Å². The third kappa shape index (κ3) is 4.21. The first-order valence-corrected chi connectivity index (χ1v) is 9.46. The van der Waals surface area contributed by atoms with Gasteiger partial charge in [-0.3, -0.25) is 13.9 Å². The molecule has 1 atom stereocenters. The second-order valence-electron chi connectivity index (χ2n) is 8.08. The lowest BCUT2D eigenvalue weighted by Crippen LogP contribution is -2.57. The Kier molecular flexibility index (Phi) is 6.22. The number of amides is 1. The van der Waals surface area contributed by atoms with E-state index in [1.165, 1.54) is 11.6 Å². The average Bonchev–Trinajstić information content (AvgIpc) is 2.62. The fraction of sp³-hybridized carbons (Fsp3) is 0.684. The summed E-state index contributed by atoms with van der Waals surface area (Å²) >= 11 is 0. The number of carbonyl (C=O) groups excluding carboxylic acids is 1. The molecule has 0 aliphatic carbocycles. The number of hydrogen-bond donors (Lipinski definition) is 0. The van der Waals surface area contributed by atoms with Crippen LogP contribution < -0.4 is 16.1 Å². The molecule has 0 spiro atoms. The molecule has 154 valence electrons. The van der Waals surface area contributed by atoms with E-state index in [-0.39, 0.29) is 17.7 Å². The average molecular weight is 391 g/mol. The van der Waals surface area contributed by atoms with Crippen LogP contribution in [0.1, 0.15) is 46.1 Å². The van der Waals surface area contributed by atoms with Gasteiger partial charge in [0.25, 0.3) is 5.56 Å². The third-order valence-corrected chi connectivity index (χ3v) is 4.77. The molecule has 1 aliphatic heterocycles. The molecule has 9 heteroatoms. The van der Waals surface area contributed by atoms with E-state index in [1.807, 2.05) is 38.7 Å². The third-order valence-electron chi connectivity index (χ3n) is 4.77. The van der Waals surface area contributed by atoms with Crippen LogP contribution in [0.2, 0.25) is 0 Å². The van der Waals surface area contributed by atoms with Crippen molar-refractivity contribution in [1.29, 1.82) is 5.26 Å². The molecule has 0 bridgehead atoms. The summed E-state index contributed by atoms with van der Waals surface area (Å²) in [4.78, 5) is 40.9. The highest BCUT2D eigenvalue weighted by Gasteiger charge is 2.34. The molecule has 0 unspecified atom stereocenters. The molecule has 0 aromatic carbocycles. The van der Waals surface area contributed by atoms with Gasteiger partial charge in [-0.15, -0.1) is 0 Å². The van der Waals surface area contributed by atoms with Gasteiger partial charge in [-0.25, -0.2) is 9.59 Å². The summed E-state index contributed by atoms with van der Waals surface area (Å²) in [5.41, 5.74) is -1.73. The summed E-state index contributed by atoms with van der Waals surface area (Å²) in [6, 6.07) is 1.83. The van der Waals surface area contributed by atoms with E-state index in [0.717, 1.165) is 17.4 Å². The number of ether oxygens (including phenoxy) is 1. The van der Waals surface area contributed by atoms with Gasteiger partial charge < -0.3 is 14.5 Å². The molecule has 1 amide bonds. The Balaban J connectivity index is 2.43. The summed E-state index contributed by atoms with van der Waals surface area (Å²) < 4.78 is 7.75. The van der Waals surface area contributed by atoms with Gasteiger partial charge in [0.15, 0.2) is 5.56 Å². The van der Waals surface area contributed by atoms with Crippen molar-refractivity contribution in [3.8, 4) is 6.07 Å². The number of hydrogen-bond acceptors (Lipinski definition) is 6. The lowest BCUT2D eigenvalue weighted by molar-refractivity contribution is 0.0211. The molecule has 1 aliphatic rings. The van der Waals surface area contributed by atoms with Gasteiger partial charge in [-0.2, -0.15) is 5.26 Å². The lowest BCUT2D eigenvalue weighted by Gasteiger charge is -2.43. The molecule has 2 rings (SSSR count). The Hall–Kier alpha value is -2.76. The largest absolute Gasteiger partial charge is 0.444 e. The van der Waals surface area contributed by atoms with Crippen LogP contribution in [0.4, 0.5) is 10.6 Å². The van der Waals surface area contributed by atoms with Crippen LogP contribution in [0.15, 0.2) is 9.59 Å². The highest BCUT2D eigenvalue weighted by Crippen LogP contribution is 2.24. The molecule has 28 heavy (non-hydrogen) atoms. The van der Waals surface area contributed by atoms with Gasteiger partial charge >= 0.3 is 11.8 Å². The van der Waals surface area contributed by atoms with Crippen molar-refractivity contribution in [1.82, 2.24) is 14.0 Å². The Labute approximate surface area is 164 Å². The zero-order valence-electron chi connectivity index (χ0n) is 17.5. The van der Waals surface area contributed by atoms with Crippen LogP contribution in [0, 0.1) is 11.3 Å². The highest BCUT2D eigenvalue weighted by molar-refractivity contribution is 5.69. The van der Waals surface area contributed by atoms with Crippen molar-refractivity contribution >= 4 is 11.9 Å². The Bertz CT molecular complexity index is 903. The molecule has 1 aromatic heterocycles. The number of aromatic nitrogens is 2. The van der Waals surface area contributed by atoms with E-state index in [0.29, 0.717) is 25.5 Å². The fourth-order valence-corrected chi connectivity index (χ4v) is 3.47. The zero-order valence-corrected chi connectivity index (χ0v) is 17.5. The van der Waals surface area contributed by atoms with Crippen LogP contribution in [0.3, 0.4) is 0 Å². The summed E-state index contributed by atoms with van der Waals surface area (Å²) in [6.07, 6.45) is 1.21. The maximum absolute atomic E-state index is 12.5. The van der Waals surface area contributed by atoms with Crippen molar-refractivity contribution in [2.24, 2.45) is 14.1 Å². The van der Waals surface area contributed by atoms with E-state index in [4.69, 9.17) is 4.74 Å². The van der Waals surface area contributed by atoms with Crippen molar-refractivity contribution in [3.63, 3.8) is 0 Å². The molecular formula is C19H29N5O4.